The van der Waals surface area contributed by atoms with Crippen LogP contribution in [0, 0.1) is 0 Å². The van der Waals surface area contributed by atoms with Crippen LogP contribution in [0.5, 0.6) is 5.75 Å². The highest BCUT2D eigenvalue weighted by Crippen LogP contribution is 2.37. The SMILES string of the molecule is CC(C)(C)OC(=O)N1CCN(CCCOc2ccc(NC(=O)c3nc[nH]c3C(=O)Nc3nc4ccccc4[nH]3)c(C(F)(F)F)c2)CC1. The first-order valence-electron chi connectivity index (χ1n) is 14.9. The molecule has 5 rings (SSSR count). The molecule has 16 heteroatoms. The van der Waals surface area contributed by atoms with Crippen LogP contribution in [0.2, 0.25) is 0 Å². The van der Waals surface area contributed by atoms with E-state index in [1.807, 2.05) is 20.8 Å². The molecule has 3 heterocycles. The fourth-order valence-corrected chi connectivity index (χ4v) is 4.92. The summed E-state index contributed by atoms with van der Waals surface area (Å²) in [7, 11) is 0. The summed E-state index contributed by atoms with van der Waals surface area (Å²) >= 11 is 0. The summed E-state index contributed by atoms with van der Waals surface area (Å²) < 4.78 is 53.1. The molecule has 1 saturated heterocycles. The molecule has 250 valence electrons. The Balaban J connectivity index is 1.15. The van der Waals surface area contributed by atoms with Crippen LogP contribution in [0.25, 0.3) is 11.0 Å². The number of nitrogens with zero attached hydrogens (tertiary/aromatic N) is 4. The molecule has 4 N–H and O–H groups in total. The Labute approximate surface area is 267 Å². The Hall–Kier alpha value is -5.12. The van der Waals surface area contributed by atoms with Crippen molar-refractivity contribution in [2.45, 2.75) is 39.0 Å². The number of alkyl halides is 3. The van der Waals surface area contributed by atoms with Gasteiger partial charge in [0.15, 0.2) is 5.69 Å². The minimum absolute atomic E-state index is 0.0178. The van der Waals surface area contributed by atoms with Crippen LogP contribution in [0.4, 0.5) is 29.6 Å². The van der Waals surface area contributed by atoms with Gasteiger partial charge in [0, 0.05) is 32.7 Å². The molecule has 2 aromatic heterocycles. The van der Waals surface area contributed by atoms with Crippen LogP contribution in [-0.4, -0.2) is 92.6 Å². The highest BCUT2D eigenvalue weighted by atomic mass is 19.4. The molecule has 0 saturated carbocycles. The number of aromatic nitrogens is 4. The van der Waals surface area contributed by atoms with Crippen LogP contribution in [0.15, 0.2) is 48.8 Å². The summed E-state index contributed by atoms with van der Waals surface area (Å²) in [5.41, 5.74) is -1.60. The minimum atomic E-state index is -4.82. The summed E-state index contributed by atoms with van der Waals surface area (Å²) in [5, 5.41) is 4.74. The van der Waals surface area contributed by atoms with Gasteiger partial charge in [-0.3, -0.25) is 19.8 Å². The van der Waals surface area contributed by atoms with Crippen molar-refractivity contribution >= 4 is 40.6 Å². The average Bonchev–Trinajstić information content (AvgIpc) is 3.66. The number of aromatic amines is 2. The number of hydrogen-bond acceptors (Lipinski definition) is 8. The summed E-state index contributed by atoms with van der Waals surface area (Å²) in [4.78, 5) is 55.5. The highest BCUT2D eigenvalue weighted by Gasteiger charge is 2.35. The van der Waals surface area contributed by atoms with Crippen LogP contribution in [0.3, 0.4) is 0 Å². The number of amides is 3. The molecule has 1 aliphatic heterocycles. The third-order valence-corrected chi connectivity index (χ3v) is 7.16. The molecular weight excluding hydrogens is 621 g/mol. The van der Waals surface area contributed by atoms with Crippen molar-refractivity contribution in [2.75, 3.05) is 50.0 Å². The lowest BCUT2D eigenvalue weighted by Crippen LogP contribution is -2.50. The predicted molar refractivity (Wildman–Crippen MR) is 166 cm³/mol. The Bertz CT molecular complexity index is 1710. The van der Waals surface area contributed by atoms with Gasteiger partial charge >= 0.3 is 12.3 Å². The van der Waals surface area contributed by atoms with Gasteiger partial charge in [-0.25, -0.2) is 14.8 Å². The zero-order chi connectivity index (χ0) is 33.8. The second-order valence-electron chi connectivity index (χ2n) is 11.9. The second kappa shape index (κ2) is 13.7. The van der Waals surface area contributed by atoms with Gasteiger partial charge in [0.1, 0.15) is 17.0 Å². The number of benzene rings is 2. The van der Waals surface area contributed by atoms with Crippen molar-refractivity contribution in [2.24, 2.45) is 0 Å². The Morgan fingerprint density at radius 2 is 1.72 bits per heavy atom. The topological polar surface area (TPSA) is 158 Å². The Morgan fingerprint density at radius 3 is 2.43 bits per heavy atom. The number of halogens is 3. The third kappa shape index (κ3) is 8.58. The van der Waals surface area contributed by atoms with Gasteiger partial charge in [-0.05, 0) is 57.5 Å². The van der Waals surface area contributed by atoms with Gasteiger partial charge in [-0.15, -0.1) is 0 Å². The summed E-state index contributed by atoms with van der Waals surface area (Å²) in [6.07, 6.45) is -3.53. The average molecular weight is 657 g/mol. The highest BCUT2D eigenvalue weighted by molar-refractivity contribution is 6.13. The lowest BCUT2D eigenvalue weighted by atomic mass is 10.1. The zero-order valence-corrected chi connectivity index (χ0v) is 26.0. The fourth-order valence-electron chi connectivity index (χ4n) is 4.92. The van der Waals surface area contributed by atoms with Gasteiger partial charge < -0.3 is 29.7 Å². The third-order valence-electron chi connectivity index (χ3n) is 7.16. The van der Waals surface area contributed by atoms with Crippen molar-refractivity contribution in [1.29, 1.82) is 0 Å². The Morgan fingerprint density at radius 1 is 0.979 bits per heavy atom. The molecule has 4 aromatic rings. The maximum absolute atomic E-state index is 14.0. The van der Waals surface area contributed by atoms with E-state index in [0.717, 1.165) is 18.5 Å². The molecule has 0 spiro atoms. The number of fused-ring (bicyclic) bond motifs is 1. The number of para-hydroxylation sites is 2. The number of piperazine rings is 1. The normalized spacial score (nSPS) is 14.2. The first-order chi connectivity index (χ1) is 22.3. The molecule has 13 nitrogen and oxygen atoms in total. The largest absolute Gasteiger partial charge is 0.494 e. The van der Waals surface area contributed by atoms with E-state index in [0.29, 0.717) is 50.2 Å². The van der Waals surface area contributed by atoms with Crippen LogP contribution >= 0.6 is 0 Å². The maximum atomic E-state index is 14.0. The van der Waals surface area contributed by atoms with Crippen molar-refractivity contribution in [3.8, 4) is 5.75 Å². The molecule has 0 unspecified atom stereocenters. The van der Waals surface area contributed by atoms with Crippen LogP contribution in [-0.2, 0) is 10.9 Å². The van der Waals surface area contributed by atoms with Crippen LogP contribution in [0.1, 0.15) is 53.7 Å². The molecule has 0 radical (unpaired) electrons. The lowest BCUT2D eigenvalue weighted by molar-refractivity contribution is -0.137. The van der Waals surface area contributed by atoms with E-state index >= 15 is 0 Å². The number of anilines is 2. The van der Waals surface area contributed by atoms with E-state index in [2.05, 4.69) is 35.5 Å². The Kier molecular flexibility index (Phi) is 9.69. The van der Waals surface area contributed by atoms with E-state index in [-0.39, 0.29) is 30.1 Å². The standard InChI is InChI=1S/C31H35F3N8O5/c1-30(2,3)47-29(45)42-14-12-41(13-15-42)11-6-16-46-19-9-10-21(20(17-19)31(32,33)34)37-26(43)24-25(36-18-35-24)27(44)40-28-38-22-7-4-5-8-23(22)39-28/h4-5,7-10,17-18H,6,11-16H2,1-3H3,(H,35,36)(H,37,43)(H2,38,39,40,44). The van der Waals surface area contributed by atoms with Gasteiger partial charge in [0.05, 0.1) is 35.2 Å². The molecule has 1 aliphatic rings. The van der Waals surface area contributed by atoms with Gasteiger partial charge in [0.2, 0.25) is 5.95 Å². The van der Waals surface area contributed by atoms with Crippen molar-refractivity contribution in [1.82, 2.24) is 29.7 Å². The summed E-state index contributed by atoms with van der Waals surface area (Å²) in [6, 6.07) is 10.3. The van der Waals surface area contributed by atoms with E-state index in [1.54, 1.807) is 29.2 Å². The number of carbonyl (C=O) groups excluding carboxylic acids is 3. The van der Waals surface area contributed by atoms with E-state index in [4.69, 9.17) is 9.47 Å². The van der Waals surface area contributed by atoms with E-state index in [9.17, 15) is 27.6 Å². The van der Waals surface area contributed by atoms with Gasteiger partial charge in [0.25, 0.3) is 11.8 Å². The van der Waals surface area contributed by atoms with Crippen molar-refractivity contribution in [3.05, 3.63) is 65.7 Å². The zero-order valence-electron chi connectivity index (χ0n) is 26.0. The first-order valence-corrected chi connectivity index (χ1v) is 14.9. The number of imidazole rings is 2. The number of rotatable bonds is 9. The fraction of sp³-hybridized carbons (Fsp3) is 0.387. The molecule has 2 aromatic carbocycles. The molecule has 0 aliphatic carbocycles. The number of carbonyl (C=O) groups is 3. The van der Waals surface area contributed by atoms with Crippen LogP contribution < -0.4 is 15.4 Å². The number of ether oxygens (including phenoxy) is 2. The second-order valence-corrected chi connectivity index (χ2v) is 11.9. The van der Waals surface area contributed by atoms with E-state index < -0.39 is 40.5 Å². The van der Waals surface area contributed by atoms with Gasteiger partial charge in [-0.1, -0.05) is 12.1 Å². The smallest absolute Gasteiger partial charge is 0.418 e. The molecule has 0 atom stereocenters. The number of H-pyrrole nitrogens is 2. The molecular formula is C31H35F3N8O5. The lowest BCUT2D eigenvalue weighted by Gasteiger charge is -2.35. The predicted octanol–water partition coefficient (Wildman–Crippen LogP) is 5.13. The van der Waals surface area contributed by atoms with Crippen molar-refractivity contribution in [3.63, 3.8) is 0 Å². The molecule has 0 bridgehead atoms. The monoisotopic (exact) mass is 656 g/mol. The maximum Gasteiger partial charge on any atom is 0.418 e. The quantitative estimate of drug-likeness (QED) is 0.181. The summed E-state index contributed by atoms with van der Waals surface area (Å²) in [5.74, 6) is -1.69. The number of hydrogen-bond donors (Lipinski definition) is 4. The summed E-state index contributed by atoms with van der Waals surface area (Å²) in [6.45, 7) is 8.56. The molecule has 3 amide bonds. The van der Waals surface area contributed by atoms with Crippen molar-refractivity contribution < 1.29 is 37.0 Å². The van der Waals surface area contributed by atoms with E-state index in [1.165, 1.54) is 6.07 Å². The minimum Gasteiger partial charge on any atom is -0.494 e. The number of nitrogens with one attached hydrogen (secondary N) is 4. The van der Waals surface area contributed by atoms with Gasteiger partial charge in [-0.2, -0.15) is 13.2 Å². The molecule has 47 heavy (non-hydrogen) atoms. The molecule has 1 fully saturated rings. The first kappa shape index (κ1) is 33.2.